The number of carbonyl (C=O) groups excluding carboxylic acids is 5. The Labute approximate surface area is 173 Å². The molecule has 0 bridgehead atoms. The fourth-order valence-electron chi connectivity index (χ4n) is 2.81. The van der Waals surface area contributed by atoms with Gasteiger partial charge < -0.3 is 10.2 Å². The number of nitrogens with zero attached hydrogens (tertiary/aromatic N) is 3. The molecule has 1 heterocycles. The summed E-state index contributed by atoms with van der Waals surface area (Å²) in [6.45, 7) is 4.65. The van der Waals surface area contributed by atoms with Gasteiger partial charge in [-0.1, -0.05) is 24.6 Å². The molecule has 10 heteroatoms. The molecule has 1 N–H and O–H groups in total. The molecule has 1 aliphatic rings. The van der Waals surface area contributed by atoms with Crippen LogP contribution in [0.4, 0.5) is 10.5 Å². The summed E-state index contributed by atoms with van der Waals surface area (Å²) < 4.78 is 0. The Kier molecular flexibility index (Phi) is 7.33. The van der Waals surface area contributed by atoms with Gasteiger partial charge in [-0.2, -0.15) is 0 Å². The molecule has 1 aliphatic heterocycles. The Morgan fingerprint density at radius 1 is 1.10 bits per heavy atom. The third-order valence-electron chi connectivity index (χ3n) is 4.42. The molecule has 9 nitrogen and oxygen atoms in total. The van der Waals surface area contributed by atoms with E-state index in [2.05, 4.69) is 5.32 Å². The zero-order valence-corrected chi connectivity index (χ0v) is 17.3. The van der Waals surface area contributed by atoms with E-state index in [4.69, 9.17) is 11.6 Å². The van der Waals surface area contributed by atoms with Crippen LogP contribution in [0.15, 0.2) is 18.2 Å². The van der Waals surface area contributed by atoms with Crippen molar-refractivity contribution in [3.63, 3.8) is 0 Å². The maximum absolute atomic E-state index is 12.6. The minimum absolute atomic E-state index is 0.104. The van der Waals surface area contributed by atoms with Crippen molar-refractivity contribution in [3.05, 3.63) is 28.8 Å². The van der Waals surface area contributed by atoms with E-state index < -0.39 is 36.2 Å². The second kappa shape index (κ2) is 9.51. The first kappa shape index (κ1) is 22.4. The van der Waals surface area contributed by atoms with E-state index >= 15 is 0 Å². The number of imide groups is 2. The molecule has 0 atom stereocenters. The number of hydrogen-bond donors (Lipinski definition) is 1. The smallest absolute Gasteiger partial charge is 0.332 e. The van der Waals surface area contributed by atoms with Crippen molar-refractivity contribution in [2.75, 3.05) is 31.5 Å². The van der Waals surface area contributed by atoms with Crippen LogP contribution in [0, 0.1) is 6.92 Å². The van der Waals surface area contributed by atoms with Crippen molar-refractivity contribution in [2.45, 2.75) is 27.2 Å². The van der Waals surface area contributed by atoms with Crippen LogP contribution >= 0.6 is 11.6 Å². The lowest BCUT2D eigenvalue weighted by molar-refractivity contribution is -0.145. The van der Waals surface area contributed by atoms with Crippen LogP contribution in [-0.2, 0) is 19.2 Å². The molecule has 29 heavy (non-hydrogen) atoms. The summed E-state index contributed by atoms with van der Waals surface area (Å²) in [6.07, 6.45) is 0.497. The average Bonchev–Trinajstić information content (AvgIpc) is 2.87. The molecule has 0 radical (unpaired) electrons. The summed E-state index contributed by atoms with van der Waals surface area (Å²) in [5.74, 6) is -3.04. The molecule has 1 fully saturated rings. The summed E-state index contributed by atoms with van der Waals surface area (Å²) in [4.78, 5) is 63.7. The number of likely N-dealkylation sites (N-methyl/N-ethyl adjacent to an activating group) is 1. The first-order valence-corrected chi connectivity index (χ1v) is 9.58. The lowest BCUT2D eigenvalue weighted by atomic mass is 10.2. The summed E-state index contributed by atoms with van der Waals surface area (Å²) in [6, 6.07) is 4.24. The van der Waals surface area contributed by atoms with Gasteiger partial charge in [0.05, 0.1) is 6.54 Å². The fraction of sp³-hybridized carbons (Fsp3) is 0.421. The van der Waals surface area contributed by atoms with E-state index in [0.29, 0.717) is 22.0 Å². The van der Waals surface area contributed by atoms with E-state index in [0.717, 1.165) is 10.5 Å². The van der Waals surface area contributed by atoms with Gasteiger partial charge in [-0.3, -0.25) is 24.1 Å². The number of anilines is 1. The topological polar surface area (TPSA) is 107 Å². The molecular formula is C19H23ClN4O5. The van der Waals surface area contributed by atoms with Crippen molar-refractivity contribution in [1.82, 2.24) is 14.7 Å². The van der Waals surface area contributed by atoms with E-state index in [1.54, 1.807) is 39.0 Å². The average molecular weight is 423 g/mol. The molecule has 0 aliphatic carbocycles. The molecule has 0 spiro atoms. The van der Waals surface area contributed by atoms with Gasteiger partial charge in [-0.15, -0.1) is 0 Å². The van der Waals surface area contributed by atoms with E-state index in [1.165, 1.54) is 4.90 Å². The third-order valence-corrected chi connectivity index (χ3v) is 4.65. The van der Waals surface area contributed by atoms with Gasteiger partial charge in [0, 0.05) is 23.8 Å². The normalized spacial score (nSPS) is 13.9. The molecule has 0 saturated carbocycles. The Morgan fingerprint density at radius 3 is 2.38 bits per heavy atom. The van der Waals surface area contributed by atoms with Gasteiger partial charge in [0.25, 0.3) is 0 Å². The molecule has 2 rings (SSSR count). The molecule has 1 aromatic rings. The van der Waals surface area contributed by atoms with Gasteiger partial charge in [-0.05, 0) is 38.0 Å². The maximum atomic E-state index is 12.6. The van der Waals surface area contributed by atoms with Crippen LogP contribution in [-0.4, -0.2) is 70.5 Å². The summed E-state index contributed by atoms with van der Waals surface area (Å²) in [5.41, 5.74) is 1.33. The highest BCUT2D eigenvalue weighted by Crippen LogP contribution is 2.20. The molecule has 0 aromatic heterocycles. The largest absolute Gasteiger partial charge is 0.334 e. The third kappa shape index (κ3) is 5.11. The van der Waals surface area contributed by atoms with Gasteiger partial charge in [0.15, 0.2) is 0 Å². The number of urea groups is 1. The summed E-state index contributed by atoms with van der Waals surface area (Å²) >= 11 is 5.94. The number of nitrogens with one attached hydrogen (secondary N) is 1. The number of amides is 6. The second-order valence-electron chi connectivity index (χ2n) is 6.55. The Morgan fingerprint density at radius 2 is 1.76 bits per heavy atom. The minimum Gasteiger partial charge on any atom is -0.332 e. The van der Waals surface area contributed by atoms with Crippen LogP contribution in [0.2, 0.25) is 5.02 Å². The Bertz CT molecular complexity index is 857. The van der Waals surface area contributed by atoms with Crippen molar-refractivity contribution in [1.29, 1.82) is 0 Å². The summed E-state index contributed by atoms with van der Waals surface area (Å²) in [5, 5.41) is 3.15. The van der Waals surface area contributed by atoms with E-state index in [-0.39, 0.29) is 19.6 Å². The van der Waals surface area contributed by atoms with Crippen LogP contribution in [0.5, 0.6) is 0 Å². The number of aryl methyl sites for hydroxylation is 1. The van der Waals surface area contributed by atoms with Crippen molar-refractivity contribution in [3.8, 4) is 0 Å². The number of halogens is 1. The zero-order valence-electron chi connectivity index (χ0n) is 16.5. The number of hydrogen-bond acceptors (Lipinski definition) is 5. The van der Waals surface area contributed by atoms with Crippen LogP contribution in [0.3, 0.4) is 0 Å². The van der Waals surface area contributed by atoms with Gasteiger partial charge in [0.1, 0.15) is 6.54 Å². The number of carbonyl (C=O) groups is 5. The molecule has 6 amide bonds. The SMILES string of the molecule is CCCN1C(=O)C(=O)N(CC(=O)N(CC)CC(=O)Nc2cc(Cl)ccc2C)C1=O. The van der Waals surface area contributed by atoms with Crippen LogP contribution < -0.4 is 5.32 Å². The van der Waals surface area contributed by atoms with Crippen molar-refractivity contribution >= 4 is 46.9 Å². The molecule has 156 valence electrons. The monoisotopic (exact) mass is 422 g/mol. The first-order valence-electron chi connectivity index (χ1n) is 9.20. The summed E-state index contributed by atoms with van der Waals surface area (Å²) in [7, 11) is 0. The number of rotatable bonds is 8. The highest BCUT2D eigenvalue weighted by atomic mass is 35.5. The van der Waals surface area contributed by atoms with Crippen LogP contribution in [0.1, 0.15) is 25.8 Å². The standard InChI is InChI=1S/C19H23ClN4O5/c1-4-8-23-17(27)18(28)24(19(23)29)11-16(26)22(5-2)10-15(25)21-14-9-13(20)7-6-12(14)3/h6-7,9H,4-5,8,10-11H2,1-3H3,(H,21,25). The van der Waals surface area contributed by atoms with E-state index in [1.807, 2.05) is 0 Å². The fourth-order valence-corrected chi connectivity index (χ4v) is 2.99. The Balaban J connectivity index is 2.02. The van der Waals surface area contributed by atoms with Crippen molar-refractivity contribution in [2.24, 2.45) is 0 Å². The van der Waals surface area contributed by atoms with Gasteiger partial charge >= 0.3 is 17.8 Å². The van der Waals surface area contributed by atoms with Crippen molar-refractivity contribution < 1.29 is 24.0 Å². The lowest BCUT2D eigenvalue weighted by Crippen LogP contribution is -2.45. The maximum Gasteiger partial charge on any atom is 0.334 e. The van der Waals surface area contributed by atoms with Gasteiger partial charge in [-0.25, -0.2) is 9.69 Å². The first-order chi connectivity index (χ1) is 13.7. The molecule has 0 unspecified atom stereocenters. The number of benzene rings is 1. The zero-order chi connectivity index (χ0) is 21.7. The predicted octanol–water partition coefficient (Wildman–Crippen LogP) is 1.64. The highest BCUT2D eigenvalue weighted by molar-refractivity contribution is 6.45. The van der Waals surface area contributed by atoms with E-state index in [9.17, 15) is 24.0 Å². The quantitative estimate of drug-likeness (QED) is 0.506. The van der Waals surface area contributed by atoms with Gasteiger partial charge in [0.2, 0.25) is 11.8 Å². The Hall–Kier alpha value is -2.94. The lowest BCUT2D eigenvalue weighted by Gasteiger charge is -2.23. The molecule has 1 aromatic carbocycles. The predicted molar refractivity (Wildman–Crippen MR) is 106 cm³/mol. The highest BCUT2D eigenvalue weighted by Gasteiger charge is 2.45. The molecule has 1 saturated heterocycles. The second-order valence-corrected chi connectivity index (χ2v) is 6.98. The van der Waals surface area contributed by atoms with Crippen LogP contribution in [0.25, 0.3) is 0 Å². The minimum atomic E-state index is -1.04. The molecular weight excluding hydrogens is 400 g/mol.